The average molecular weight is 602 g/mol. The van der Waals surface area contributed by atoms with Gasteiger partial charge in [0.1, 0.15) is 6.26 Å². The summed E-state index contributed by atoms with van der Waals surface area (Å²) in [6.45, 7) is -1.44. The van der Waals surface area contributed by atoms with Gasteiger partial charge in [-0.15, -0.1) is 0 Å². The highest BCUT2D eigenvalue weighted by molar-refractivity contribution is 7.89. The van der Waals surface area contributed by atoms with E-state index in [0.29, 0.717) is 18.5 Å². The number of halogens is 5. The number of carbonyl (C=O) groups is 2. The maximum Gasteiger partial charge on any atom is 0.357 e. The van der Waals surface area contributed by atoms with Gasteiger partial charge in [0.05, 0.1) is 13.1 Å². The summed E-state index contributed by atoms with van der Waals surface area (Å²) in [6.07, 6.45) is 6.25. The first-order valence-corrected chi connectivity index (χ1v) is 13.8. The van der Waals surface area contributed by atoms with E-state index in [1.165, 1.54) is 6.42 Å². The van der Waals surface area contributed by atoms with Gasteiger partial charge in [0, 0.05) is 7.05 Å². The molecule has 0 spiro atoms. The molecule has 1 N–H and O–H groups in total. The standard InChI is InChI=1S/C26H24F5N3O6S/c1-33(41(38,39)24-22(30)20(28)19(27)21(29)23(24)31)12-18(35)34(26-32-17(13-40-26)25(36)37)11-14-7-9-16(10-8-14)15-5-3-2-4-6-15/h7-10,13,15H,2-6,11-12H2,1H3,(H,36,37). The molecule has 1 amide bonds. The van der Waals surface area contributed by atoms with Crippen molar-refractivity contribution in [1.29, 1.82) is 0 Å². The minimum Gasteiger partial charge on any atom is -0.476 e. The van der Waals surface area contributed by atoms with Crippen LogP contribution in [0.3, 0.4) is 0 Å². The summed E-state index contributed by atoms with van der Waals surface area (Å²) < 4.78 is 100. The molecule has 2 aromatic carbocycles. The maximum absolute atomic E-state index is 14.2. The number of carboxylic acid groups (broad SMARTS) is 1. The number of amides is 1. The molecule has 0 unspecified atom stereocenters. The number of hydrogen-bond acceptors (Lipinski definition) is 6. The fourth-order valence-electron chi connectivity index (χ4n) is 4.59. The third-order valence-electron chi connectivity index (χ3n) is 6.84. The first kappa shape index (κ1) is 30.1. The van der Waals surface area contributed by atoms with Crippen LogP contribution in [-0.2, 0) is 21.4 Å². The number of aromatic carboxylic acids is 1. The Bertz CT molecular complexity index is 1540. The van der Waals surface area contributed by atoms with Crippen LogP contribution in [0.4, 0.5) is 28.0 Å². The molecular formula is C26H24F5N3O6S. The summed E-state index contributed by atoms with van der Waals surface area (Å²) in [5.74, 6) is -14.9. The van der Waals surface area contributed by atoms with E-state index < -0.39 is 74.1 Å². The van der Waals surface area contributed by atoms with E-state index in [4.69, 9.17) is 4.42 Å². The SMILES string of the molecule is CN(CC(=O)N(Cc1ccc(C2CCCCC2)cc1)c1nc(C(=O)O)co1)S(=O)(=O)c1c(F)c(F)c(F)c(F)c1F. The van der Waals surface area contributed by atoms with Gasteiger partial charge in [-0.3, -0.25) is 9.69 Å². The zero-order valence-electron chi connectivity index (χ0n) is 21.5. The van der Waals surface area contributed by atoms with E-state index in [-0.39, 0.29) is 10.8 Å². The molecule has 1 aliphatic rings. The predicted molar refractivity (Wildman–Crippen MR) is 133 cm³/mol. The monoisotopic (exact) mass is 601 g/mol. The third kappa shape index (κ3) is 6.10. The molecule has 220 valence electrons. The van der Waals surface area contributed by atoms with Gasteiger partial charge in [-0.05, 0) is 29.9 Å². The number of benzene rings is 2. The van der Waals surface area contributed by atoms with Crippen molar-refractivity contribution in [3.05, 3.63) is 76.4 Å². The lowest BCUT2D eigenvalue weighted by Gasteiger charge is -2.24. The molecule has 0 bridgehead atoms. The number of hydrogen-bond donors (Lipinski definition) is 1. The van der Waals surface area contributed by atoms with Gasteiger partial charge in [0.2, 0.25) is 21.7 Å². The van der Waals surface area contributed by atoms with E-state index in [0.717, 1.165) is 42.4 Å². The molecule has 0 saturated heterocycles. The van der Waals surface area contributed by atoms with Gasteiger partial charge in [0.25, 0.3) is 0 Å². The van der Waals surface area contributed by atoms with E-state index in [2.05, 4.69) is 4.98 Å². The fourth-order valence-corrected chi connectivity index (χ4v) is 5.81. The van der Waals surface area contributed by atoms with Crippen LogP contribution in [-0.4, -0.2) is 48.3 Å². The van der Waals surface area contributed by atoms with Crippen LogP contribution < -0.4 is 4.90 Å². The van der Waals surface area contributed by atoms with E-state index >= 15 is 0 Å². The number of carboxylic acids is 1. The smallest absolute Gasteiger partial charge is 0.357 e. The lowest BCUT2D eigenvalue weighted by Crippen LogP contribution is -2.41. The van der Waals surface area contributed by atoms with Crippen LogP contribution in [0.15, 0.2) is 39.8 Å². The molecule has 9 nitrogen and oxygen atoms in total. The number of nitrogens with zero attached hydrogens (tertiary/aromatic N) is 3. The minimum atomic E-state index is -5.43. The lowest BCUT2D eigenvalue weighted by molar-refractivity contribution is -0.119. The number of carbonyl (C=O) groups excluding carboxylic acids is 1. The number of sulfonamides is 1. The van der Waals surface area contributed by atoms with E-state index in [1.54, 1.807) is 12.1 Å². The Kier molecular flexibility index (Phi) is 8.77. The van der Waals surface area contributed by atoms with Crippen molar-refractivity contribution < 1.29 is 49.5 Å². The number of likely N-dealkylation sites (N-methyl/N-ethyl adjacent to an activating group) is 1. The molecule has 41 heavy (non-hydrogen) atoms. The molecule has 0 aliphatic heterocycles. The highest BCUT2D eigenvalue weighted by Gasteiger charge is 2.37. The Morgan fingerprint density at radius 3 is 2.05 bits per heavy atom. The van der Waals surface area contributed by atoms with Crippen molar-refractivity contribution in [2.24, 2.45) is 0 Å². The molecule has 15 heteroatoms. The second-order valence-electron chi connectivity index (χ2n) is 9.54. The number of anilines is 1. The first-order valence-electron chi connectivity index (χ1n) is 12.4. The van der Waals surface area contributed by atoms with Crippen LogP contribution >= 0.6 is 0 Å². The molecule has 1 fully saturated rings. The Hall–Kier alpha value is -3.85. The molecule has 0 atom stereocenters. The van der Waals surface area contributed by atoms with Crippen molar-refractivity contribution >= 4 is 27.9 Å². The van der Waals surface area contributed by atoms with Gasteiger partial charge in [-0.1, -0.05) is 43.5 Å². The number of rotatable bonds is 9. The van der Waals surface area contributed by atoms with Gasteiger partial charge in [0.15, 0.2) is 33.9 Å². The zero-order chi connectivity index (χ0) is 30.1. The Labute approximate surface area is 231 Å². The third-order valence-corrected chi connectivity index (χ3v) is 8.66. The molecule has 1 heterocycles. The van der Waals surface area contributed by atoms with Crippen LogP contribution in [0.25, 0.3) is 0 Å². The van der Waals surface area contributed by atoms with Crippen LogP contribution in [0, 0.1) is 29.1 Å². The lowest BCUT2D eigenvalue weighted by atomic mass is 9.84. The molecular weight excluding hydrogens is 577 g/mol. The summed E-state index contributed by atoms with van der Waals surface area (Å²) in [4.78, 5) is 26.9. The number of aromatic nitrogens is 1. The molecule has 0 radical (unpaired) electrons. The van der Waals surface area contributed by atoms with Gasteiger partial charge in [-0.25, -0.2) is 35.2 Å². The number of oxazole rings is 1. The summed E-state index contributed by atoms with van der Waals surface area (Å²) in [7, 11) is -4.73. The first-order chi connectivity index (χ1) is 19.3. The highest BCUT2D eigenvalue weighted by atomic mass is 32.2. The summed E-state index contributed by atoms with van der Waals surface area (Å²) >= 11 is 0. The Morgan fingerprint density at radius 1 is 0.951 bits per heavy atom. The fraction of sp³-hybridized carbons (Fsp3) is 0.346. The maximum atomic E-state index is 14.2. The Balaban J connectivity index is 1.62. The van der Waals surface area contributed by atoms with Gasteiger partial charge in [-0.2, -0.15) is 9.29 Å². The van der Waals surface area contributed by atoms with Crippen molar-refractivity contribution in [2.45, 2.75) is 49.5 Å². The summed E-state index contributed by atoms with van der Waals surface area (Å²) in [5, 5.41) is 9.18. The van der Waals surface area contributed by atoms with Crippen LogP contribution in [0.1, 0.15) is 59.6 Å². The van der Waals surface area contributed by atoms with E-state index in [9.17, 15) is 45.1 Å². The summed E-state index contributed by atoms with van der Waals surface area (Å²) in [5.41, 5.74) is 1.07. The highest BCUT2D eigenvalue weighted by Crippen LogP contribution is 2.33. The second-order valence-corrected chi connectivity index (χ2v) is 11.5. The van der Waals surface area contributed by atoms with Crippen LogP contribution in [0.2, 0.25) is 0 Å². The average Bonchev–Trinajstić information content (AvgIpc) is 3.45. The normalized spacial score (nSPS) is 14.4. The molecule has 4 rings (SSSR count). The molecule has 1 aromatic heterocycles. The summed E-state index contributed by atoms with van der Waals surface area (Å²) in [6, 6.07) is 6.68. The topological polar surface area (TPSA) is 121 Å². The van der Waals surface area contributed by atoms with Crippen molar-refractivity contribution in [2.75, 3.05) is 18.5 Å². The van der Waals surface area contributed by atoms with Gasteiger partial charge >= 0.3 is 12.0 Å². The quantitative estimate of drug-likeness (QED) is 0.209. The molecule has 1 saturated carbocycles. The largest absolute Gasteiger partial charge is 0.476 e. The predicted octanol–water partition coefficient (Wildman–Crippen LogP) is 4.97. The van der Waals surface area contributed by atoms with Crippen molar-refractivity contribution in [1.82, 2.24) is 9.29 Å². The van der Waals surface area contributed by atoms with Gasteiger partial charge < -0.3 is 9.52 Å². The zero-order valence-corrected chi connectivity index (χ0v) is 22.4. The van der Waals surface area contributed by atoms with E-state index in [1.807, 2.05) is 12.1 Å². The van der Waals surface area contributed by atoms with Crippen LogP contribution in [0.5, 0.6) is 0 Å². The minimum absolute atomic E-state index is 0.0911. The Morgan fingerprint density at radius 2 is 1.51 bits per heavy atom. The second kappa shape index (κ2) is 11.9. The molecule has 1 aliphatic carbocycles. The van der Waals surface area contributed by atoms with Crippen molar-refractivity contribution in [3.63, 3.8) is 0 Å². The van der Waals surface area contributed by atoms with Crippen molar-refractivity contribution in [3.8, 4) is 0 Å². The molecule has 3 aromatic rings.